The topological polar surface area (TPSA) is 35.2 Å². The second-order valence-corrected chi connectivity index (χ2v) is 4.00. The molecule has 1 aromatic rings. The summed E-state index contributed by atoms with van der Waals surface area (Å²) in [6.07, 6.45) is 0.825. The molecule has 90 valence electrons. The monoisotopic (exact) mass is 241 g/mol. The SMILES string of the molecule is C=C(C)C[C@@H](N)c1ccc(OC)c(C)c1.Cl. The van der Waals surface area contributed by atoms with Crippen LogP contribution < -0.4 is 10.5 Å². The molecule has 0 fully saturated rings. The number of hydrogen-bond donors (Lipinski definition) is 1. The van der Waals surface area contributed by atoms with Gasteiger partial charge < -0.3 is 10.5 Å². The summed E-state index contributed by atoms with van der Waals surface area (Å²) >= 11 is 0. The summed E-state index contributed by atoms with van der Waals surface area (Å²) in [6, 6.07) is 6.08. The molecule has 0 aliphatic rings. The van der Waals surface area contributed by atoms with Crippen molar-refractivity contribution in [3.8, 4) is 5.75 Å². The molecule has 0 heterocycles. The molecular weight excluding hydrogens is 222 g/mol. The van der Waals surface area contributed by atoms with E-state index in [0.717, 1.165) is 28.9 Å². The van der Waals surface area contributed by atoms with Gasteiger partial charge in [0.05, 0.1) is 7.11 Å². The standard InChI is InChI=1S/C13H19NO.ClH/c1-9(2)7-12(14)11-5-6-13(15-4)10(3)8-11;/h5-6,8,12H,1,7,14H2,2-4H3;1H/t12-;/m1./s1. The smallest absolute Gasteiger partial charge is 0.121 e. The molecule has 3 heteroatoms. The third-order valence-corrected chi connectivity index (χ3v) is 2.42. The van der Waals surface area contributed by atoms with Crippen molar-refractivity contribution in [2.24, 2.45) is 5.73 Å². The van der Waals surface area contributed by atoms with Gasteiger partial charge in [-0.1, -0.05) is 17.7 Å². The van der Waals surface area contributed by atoms with E-state index in [4.69, 9.17) is 10.5 Å². The molecule has 0 radical (unpaired) electrons. The number of benzene rings is 1. The molecule has 0 spiro atoms. The molecule has 0 saturated heterocycles. The highest BCUT2D eigenvalue weighted by Crippen LogP contribution is 2.24. The first-order valence-corrected chi connectivity index (χ1v) is 5.09. The average molecular weight is 242 g/mol. The van der Waals surface area contributed by atoms with Crippen molar-refractivity contribution in [2.75, 3.05) is 7.11 Å². The van der Waals surface area contributed by atoms with Gasteiger partial charge in [-0.05, 0) is 37.5 Å². The minimum absolute atomic E-state index is 0. The molecular formula is C13H20ClNO. The normalized spacial score (nSPS) is 11.5. The van der Waals surface area contributed by atoms with Crippen LogP contribution in [0, 0.1) is 6.92 Å². The largest absolute Gasteiger partial charge is 0.496 e. The summed E-state index contributed by atoms with van der Waals surface area (Å²) in [5.41, 5.74) is 9.42. The molecule has 1 rings (SSSR count). The van der Waals surface area contributed by atoms with E-state index in [9.17, 15) is 0 Å². The van der Waals surface area contributed by atoms with Crippen molar-refractivity contribution in [3.63, 3.8) is 0 Å². The van der Waals surface area contributed by atoms with E-state index >= 15 is 0 Å². The lowest BCUT2D eigenvalue weighted by Gasteiger charge is -2.14. The number of methoxy groups -OCH3 is 1. The van der Waals surface area contributed by atoms with Crippen molar-refractivity contribution < 1.29 is 4.74 Å². The van der Waals surface area contributed by atoms with E-state index in [1.807, 2.05) is 26.0 Å². The fourth-order valence-electron chi connectivity index (χ4n) is 1.63. The van der Waals surface area contributed by atoms with E-state index in [1.54, 1.807) is 7.11 Å². The molecule has 0 bridgehead atoms. The molecule has 0 unspecified atom stereocenters. The first kappa shape index (κ1) is 15.0. The fraction of sp³-hybridized carbons (Fsp3) is 0.385. The van der Waals surface area contributed by atoms with Gasteiger partial charge >= 0.3 is 0 Å². The quantitative estimate of drug-likeness (QED) is 0.821. The van der Waals surface area contributed by atoms with E-state index in [2.05, 4.69) is 12.6 Å². The molecule has 1 aromatic carbocycles. The van der Waals surface area contributed by atoms with Gasteiger partial charge in [0.2, 0.25) is 0 Å². The Morgan fingerprint density at radius 1 is 1.50 bits per heavy atom. The number of aryl methyl sites for hydroxylation is 1. The van der Waals surface area contributed by atoms with Crippen LogP contribution in [0.25, 0.3) is 0 Å². The Labute approximate surface area is 104 Å². The van der Waals surface area contributed by atoms with Crippen molar-refractivity contribution in [1.82, 2.24) is 0 Å². The van der Waals surface area contributed by atoms with Gasteiger partial charge in [-0.3, -0.25) is 0 Å². The highest BCUT2D eigenvalue weighted by molar-refractivity contribution is 5.85. The lowest BCUT2D eigenvalue weighted by molar-refractivity contribution is 0.411. The third-order valence-electron chi connectivity index (χ3n) is 2.42. The summed E-state index contributed by atoms with van der Waals surface area (Å²) in [7, 11) is 1.68. The number of halogens is 1. The molecule has 2 nitrogen and oxygen atoms in total. The Morgan fingerprint density at radius 3 is 2.56 bits per heavy atom. The van der Waals surface area contributed by atoms with E-state index in [-0.39, 0.29) is 18.4 Å². The van der Waals surface area contributed by atoms with E-state index in [1.165, 1.54) is 0 Å². The van der Waals surface area contributed by atoms with Gasteiger partial charge in [-0.2, -0.15) is 0 Å². The van der Waals surface area contributed by atoms with Gasteiger partial charge in [-0.15, -0.1) is 19.0 Å². The minimum atomic E-state index is 0. The van der Waals surface area contributed by atoms with Crippen molar-refractivity contribution in [1.29, 1.82) is 0 Å². The lowest BCUT2D eigenvalue weighted by Crippen LogP contribution is -2.10. The Hall–Kier alpha value is -0.990. The van der Waals surface area contributed by atoms with Gasteiger partial charge in [-0.25, -0.2) is 0 Å². The highest BCUT2D eigenvalue weighted by Gasteiger charge is 2.07. The lowest BCUT2D eigenvalue weighted by atomic mass is 9.99. The van der Waals surface area contributed by atoms with Crippen molar-refractivity contribution >= 4 is 12.4 Å². The summed E-state index contributed by atoms with van der Waals surface area (Å²) in [4.78, 5) is 0. The van der Waals surface area contributed by atoms with Crippen molar-refractivity contribution in [2.45, 2.75) is 26.3 Å². The van der Waals surface area contributed by atoms with Crippen LogP contribution in [-0.4, -0.2) is 7.11 Å². The number of ether oxygens (including phenoxy) is 1. The Balaban J connectivity index is 0.00000225. The fourth-order valence-corrected chi connectivity index (χ4v) is 1.63. The Morgan fingerprint density at radius 2 is 2.12 bits per heavy atom. The van der Waals surface area contributed by atoms with Gasteiger partial charge in [0.25, 0.3) is 0 Å². The van der Waals surface area contributed by atoms with Crippen molar-refractivity contribution in [3.05, 3.63) is 41.5 Å². The second-order valence-electron chi connectivity index (χ2n) is 4.00. The number of hydrogen-bond acceptors (Lipinski definition) is 2. The zero-order valence-corrected chi connectivity index (χ0v) is 10.9. The van der Waals surface area contributed by atoms with Crippen LogP contribution in [0.2, 0.25) is 0 Å². The summed E-state index contributed by atoms with van der Waals surface area (Å²) in [5, 5.41) is 0. The highest BCUT2D eigenvalue weighted by atomic mass is 35.5. The predicted octanol–water partition coefficient (Wildman–Crippen LogP) is 3.39. The Bertz CT molecular complexity index is 363. The molecule has 0 aromatic heterocycles. The molecule has 2 N–H and O–H groups in total. The minimum Gasteiger partial charge on any atom is -0.496 e. The van der Waals surface area contributed by atoms with Crippen LogP contribution in [0.3, 0.4) is 0 Å². The number of rotatable bonds is 4. The van der Waals surface area contributed by atoms with Gasteiger partial charge in [0.1, 0.15) is 5.75 Å². The van der Waals surface area contributed by atoms with Crippen LogP contribution in [0.4, 0.5) is 0 Å². The van der Waals surface area contributed by atoms with Gasteiger partial charge in [0.15, 0.2) is 0 Å². The average Bonchev–Trinajstić information content (AvgIpc) is 2.16. The molecule has 0 amide bonds. The molecule has 0 aliphatic heterocycles. The summed E-state index contributed by atoms with van der Waals surface area (Å²) in [6.45, 7) is 7.89. The molecule has 0 aliphatic carbocycles. The van der Waals surface area contributed by atoms with E-state index in [0.29, 0.717) is 0 Å². The summed E-state index contributed by atoms with van der Waals surface area (Å²) < 4.78 is 5.20. The van der Waals surface area contributed by atoms with Crippen LogP contribution in [0.15, 0.2) is 30.4 Å². The first-order valence-electron chi connectivity index (χ1n) is 5.09. The third kappa shape index (κ3) is 3.87. The number of nitrogens with two attached hydrogens (primary N) is 1. The molecule has 1 atom stereocenters. The summed E-state index contributed by atoms with van der Waals surface area (Å²) in [5.74, 6) is 0.904. The van der Waals surface area contributed by atoms with Gasteiger partial charge in [0, 0.05) is 6.04 Å². The zero-order chi connectivity index (χ0) is 11.4. The Kier molecular flexibility index (Phi) is 6.16. The zero-order valence-electron chi connectivity index (χ0n) is 10.1. The maximum atomic E-state index is 6.05. The van der Waals surface area contributed by atoms with Crippen LogP contribution in [-0.2, 0) is 0 Å². The van der Waals surface area contributed by atoms with Crippen LogP contribution in [0.5, 0.6) is 5.75 Å². The maximum Gasteiger partial charge on any atom is 0.121 e. The molecule has 16 heavy (non-hydrogen) atoms. The predicted molar refractivity (Wildman–Crippen MR) is 71.3 cm³/mol. The molecule has 0 saturated carbocycles. The van der Waals surface area contributed by atoms with Crippen LogP contribution in [0.1, 0.15) is 30.5 Å². The van der Waals surface area contributed by atoms with E-state index < -0.39 is 0 Å². The first-order chi connectivity index (χ1) is 7.04. The maximum absolute atomic E-state index is 6.05. The second kappa shape index (κ2) is 6.56. The van der Waals surface area contributed by atoms with Crippen LogP contribution >= 0.6 is 12.4 Å².